The Hall–Kier alpha value is -3.41. The van der Waals surface area contributed by atoms with Crippen LogP contribution in [0, 0.1) is 21.4 Å². The van der Waals surface area contributed by atoms with Gasteiger partial charge in [0.05, 0.1) is 17.7 Å². The van der Waals surface area contributed by atoms with E-state index in [-0.39, 0.29) is 28.5 Å². The molecule has 1 aromatic heterocycles. The standard InChI is InChI=1S/C12H9N5O4/c1-21-12(18)11-10(14)9(6-13)15-16(11)7-3-2-4-8(5-7)17(19)20/h2-5H,14H2,1H3. The summed E-state index contributed by atoms with van der Waals surface area (Å²) in [6.45, 7) is 0. The van der Waals surface area contributed by atoms with E-state index in [1.54, 1.807) is 6.07 Å². The highest BCUT2D eigenvalue weighted by molar-refractivity contribution is 5.95. The van der Waals surface area contributed by atoms with Crippen LogP contribution in [0.3, 0.4) is 0 Å². The van der Waals surface area contributed by atoms with Crippen molar-refractivity contribution in [1.29, 1.82) is 5.26 Å². The number of esters is 1. The molecule has 21 heavy (non-hydrogen) atoms. The second-order valence-electron chi connectivity index (χ2n) is 3.90. The Balaban J connectivity index is 2.69. The minimum atomic E-state index is -0.798. The summed E-state index contributed by atoms with van der Waals surface area (Å²) in [5, 5.41) is 23.6. The van der Waals surface area contributed by atoms with Crippen molar-refractivity contribution in [1.82, 2.24) is 9.78 Å². The number of nitro benzene ring substituents is 1. The van der Waals surface area contributed by atoms with Gasteiger partial charge in [0.15, 0.2) is 11.4 Å². The number of carbonyl (C=O) groups excluding carboxylic acids is 1. The van der Waals surface area contributed by atoms with Crippen LogP contribution < -0.4 is 5.73 Å². The van der Waals surface area contributed by atoms with Gasteiger partial charge in [-0.05, 0) is 6.07 Å². The molecule has 0 unspecified atom stereocenters. The number of hydrogen-bond acceptors (Lipinski definition) is 7. The van der Waals surface area contributed by atoms with Crippen LogP contribution in [-0.2, 0) is 4.74 Å². The number of non-ortho nitro benzene ring substituents is 1. The fourth-order valence-corrected chi connectivity index (χ4v) is 1.73. The van der Waals surface area contributed by atoms with Crippen molar-refractivity contribution < 1.29 is 14.5 Å². The third-order valence-electron chi connectivity index (χ3n) is 2.69. The van der Waals surface area contributed by atoms with E-state index in [0.29, 0.717) is 0 Å². The maximum absolute atomic E-state index is 11.8. The summed E-state index contributed by atoms with van der Waals surface area (Å²) in [7, 11) is 1.15. The zero-order valence-corrected chi connectivity index (χ0v) is 10.8. The Morgan fingerprint density at radius 2 is 2.29 bits per heavy atom. The van der Waals surface area contributed by atoms with Crippen LogP contribution >= 0.6 is 0 Å². The molecule has 0 aliphatic carbocycles. The van der Waals surface area contributed by atoms with Crippen LogP contribution in [0.4, 0.5) is 11.4 Å². The molecule has 9 heteroatoms. The first-order valence-corrected chi connectivity index (χ1v) is 5.61. The Morgan fingerprint density at radius 3 is 2.86 bits per heavy atom. The van der Waals surface area contributed by atoms with Gasteiger partial charge >= 0.3 is 5.97 Å². The van der Waals surface area contributed by atoms with Crippen LogP contribution in [0.2, 0.25) is 0 Å². The van der Waals surface area contributed by atoms with Crippen molar-refractivity contribution in [3.05, 3.63) is 45.8 Å². The van der Waals surface area contributed by atoms with Crippen molar-refractivity contribution in [2.24, 2.45) is 0 Å². The average molecular weight is 287 g/mol. The van der Waals surface area contributed by atoms with Crippen molar-refractivity contribution in [2.75, 3.05) is 12.8 Å². The zero-order valence-electron chi connectivity index (χ0n) is 10.8. The fraction of sp³-hybridized carbons (Fsp3) is 0.0833. The van der Waals surface area contributed by atoms with Gasteiger partial charge in [0.25, 0.3) is 5.69 Å². The minimum absolute atomic E-state index is 0.143. The number of anilines is 1. The Kier molecular flexibility index (Phi) is 3.53. The normalized spacial score (nSPS) is 9.90. The molecule has 1 heterocycles. The summed E-state index contributed by atoms with van der Waals surface area (Å²) < 4.78 is 5.64. The Labute approximate surface area is 118 Å². The summed E-state index contributed by atoms with van der Waals surface area (Å²) in [5.74, 6) is -0.798. The summed E-state index contributed by atoms with van der Waals surface area (Å²) >= 11 is 0. The van der Waals surface area contributed by atoms with Gasteiger partial charge in [0.2, 0.25) is 0 Å². The van der Waals surface area contributed by atoms with E-state index in [2.05, 4.69) is 9.84 Å². The van der Waals surface area contributed by atoms with E-state index >= 15 is 0 Å². The first-order chi connectivity index (χ1) is 9.99. The fourth-order valence-electron chi connectivity index (χ4n) is 1.73. The van der Waals surface area contributed by atoms with Gasteiger partial charge < -0.3 is 10.5 Å². The maximum Gasteiger partial charge on any atom is 0.359 e. The molecule has 1 aromatic carbocycles. The van der Waals surface area contributed by atoms with Crippen LogP contribution in [0.25, 0.3) is 5.69 Å². The zero-order chi connectivity index (χ0) is 15.6. The van der Waals surface area contributed by atoms with Gasteiger partial charge in [-0.1, -0.05) is 6.07 Å². The van der Waals surface area contributed by atoms with Crippen molar-refractivity contribution in [3.8, 4) is 11.8 Å². The van der Waals surface area contributed by atoms with E-state index < -0.39 is 10.9 Å². The van der Waals surface area contributed by atoms with Crippen LogP contribution in [0.1, 0.15) is 16.2 Å². The smallest absolute Gasteiger partial charge is 0.359 e. The summed E-state index contributed by atoms with van der Waals surface area (Å²) in [6.07, 6.45) is 0. The number of nitrogens with zero attached hydrogens (tertiary/aromatic N) is 4. The molecule has 2 aromatic rings. The van der Waals surface area contributed by atoms with Crippen molar-refractivity contribution >= 4 is 17.3 Å². The number of nitrogen functional groups attached to an aromatic ring is 1. The van der Waals surface area contributed by atoms with Crippen LogP contribution in [0.15, 0.2) is 24.3 Å². The highest BCUT2D eigenvalue weighted by atomic mass is 16.6. The van der Waals surface area contributed by atoms with Gasteiger partial charge in [0, 0.05) is 12.1 Å². The monoisotopic (exact) mass is 287 g/mol. The molecule has 9 nitrogen and oxygen atoms in total. The molecule has 0 saturated heterocycles. The lowest BCUT2D eigenvalue weighted by Gasteiger charge is -2.06. The molecule has 2 rings (SSSR count). The molecular formula is C12H9N5O4. The highest BCUT2D eigenvalue weighted by Gasteiger charge is 2.24. The molecule has 0 fully saturated rings. The second kappa shape index (κ2) is 5.30. The van der Waals surface area contributed by atoms with E-state index in [0.717, 1.165) is 11.8 Å². The molecule has 106 valence electrons. The summed E-state index contributed by atoms with van der Waals surface area (Å²) in [5.41, 5.74) is 5.26. The molecule has 0 spiro atoms. The maximum atomic E-state index is 11.8. The Bertz CT molecular complexity index is 774. The lowest BCUT2D eigenvalue weighted by atomic mass is 10.2. The van der Waals surface area contributed by atoms with Gasteiger partial charge in [0.1, 0.15) is 11.8 Å². The molecule has 2 N–H and O–H groups in total. The van der Waals surface area contributed by atoms with E-state index in [1.165, 1.54) is 24.3 Å². The first-order valence-electron chi connectivity index (χ1n) is 5.61. The van der Waals surface area contributed by atoms with Crippen molar-refractivity contribution in [3.63, 3.8) is 0 Å². The molecule has 0 saturated carbocycles. The van der Waals surface area contributed by atoms with Crippen molar-refractivity contribution in [2.45, 2.75) is 0 Å². The van der Waals surface area contributed by atoms with Gasteiger partial charge in [-0.3, -0.25) is 10.1 Å². The summed E-state index contributed by atoms with van der Waals surface area (Å²) in [6, 6.07) is 7.17. The van der Waals surface area contributed by atoms with E-state index in [4.69, 9.17) is 11.0 Å². The number of nitriles is 1. The number of hydrogen-bond donors (Lipinski definition) is 1. The van der Waals surface area contributed by atoms with Crippen LogP contribution in [-0.4, -0.2) is 27.8 Å². The molecule has 0 aliphatic rings. The number of nitro groups is 1. The van der Waals surface area contributed by atoms with E-state index in [1.807, 2.05) is 0 Å². The second-order valence-corrected chi connectivity index (χ2v) is 3.90. The minimum Gasteiger partial charge on any atom is -0.464 e. The first kappa shape index (κ1) is 14.0. The van der Waals surface area contributed by atoms with Crippen LogP contribution in [0.5, 0.6) is 0 Å². The molecule has 0 radical (unpaired) electrons. The quantitative estimate of drug-likeness (QED) is 0.505. The molecule has 0 bridgehead atoms. The average Bonchev–Trinajstić information content (AvgIpc) is 2.83. The number of methoxy groups -OCH3 is 1. The third kappa shape index (κ3) is 2.37. The number of carbonyl (C=O) groups is 1. The molecular weight excluding hydrogens is 278 g/mol. The van der Waals surface area contributed by atoms with E-state index in [9.17, 15) is 14.9 Å². The lowest BCUT2D eigenvalue weighted by molar-refractivity contribution is -0.384. The Morgan fingerprint density at radius 1 is 1.57 bits per heavy atom. The van der Waals surface area contributed by atoms with Gasteiger partial charge in [-0.25, -0.2) is 9.48 Å². The number of ether oxygens (including phenoxy) is 1. The lowest BCUT2D eigenvalue weighted by Crippen LogP contribution is -2.12. The number of rotatable bonds is 3. The number of nitrogens with two attached hydrogens (primary N) is 1. The predicted octanol–water partition coefficient (Wildman–Crippen LogP) is 1.02. The van der Waals surface area contributed by atoms with Gasteiger partial charge in [-0.2, -0.15) is 10.4 Å². The molecule has 0 atom stereocenters. The summed E-state index contributed by atoms with van der Waals surface area (Å²) in [4.78, 5) is 22.0. The SMILES string of the molecule is COC(=O)c1c(N)c(C#N)nn1-c1cccc([N+](=O)[O-])c1. The topological polar surface area (TPSA) is 137 Å². The van der Waals surface area contributed by atoms with Gasteiger partial charge in [-0.15, -0.1) is 0 Å². The number of benzene rings is 1. The predicted molar refractivity (Wildman–Crippen MR) is 70.7 cm³/mol. The molecule has 0 amide bonds. The highest BCUT2D eigenvalue weighted by Crippen LogP contribution is 2.23. The third-order valence-corrected chi connectivity index (χ3v) is 2.69. The molecule has 0 aliphatic heterocycles. The largest absolute Gasteiger partial charge is 0.464 e. The number of aromatic nitrogens is 2.